The minimum absolute atomic E-state index is 0.115. The van der Waals surface area contributed by atoms with E-state index in [1.165, 1.54) is 13.5 Å². The van der Waals surface area contributed by atoms with E-state index in [-0.39, 0.29) is 11.7 Å². The van der Waals surface area contributed by atoms with E-state index in [9.17, 15) is 4.79 Å². The highest BCUT2D eigenvalue weighted by molar-refractivity contribution is 7.99. The highest BCUT2D eigenvalue weighted by Crippen LogP contribution is 2.61. The summed E-state index contributed by atoms with van der Waals surface area (Å²) < 4.78 is 22.4. The molecule has 0 aromatic heterocycles. The largest absolute Gasteiger partial charge is 0.507 e. The molecule has 0 N–H and O–H groups in total. The fourth-order valence-corrected chi connectivity index (χ4v) is 7.31. The Morgan fingerprint density at radius 1 is 1.06 bits per heavy atom. The summed E-state index contributed by atoms with van der Waals surface area (Å²) in [5, 5.41) is 0. The molecule has 0 radical (unpaired) electrons. The number of hydrogen-bond donors (Lipinski definition) is 0. The summed E-state index contributed by atoms with van der Waals surface area (Å²) in [4.78, 5) is 23.0. The van der Waals surface area contributed by atoms with Crippen molar-refractivity contribution in [1.82, 2.24) is 0 Å². The number of unbranched alkanes of at least 4 members (excludes halogenated alkanes) is 3. The van der Waals surface area contributed by atoms with Crippen LogP contribution in [-0.4, -0.2) is 48.7 Å². The molecular weight excluding hydrogens is 420 g/mol. The summed E-state index contributed by atoms with van der Waals surface area (Å²) in [5.41, 5.74) is -0.354. The highest BCUT2D eigenvalue weighted by Gasteiger charge is 2.69. The average molecular weight is 459 g/mol. The van der Waals surface area contributed by atoms with Crippen LogP contribution in [0.2, 0.25) is 0 Å². The first-order valence-electron chi connectivity index (χ1n) is 11.9. The first-order valence-corrected chi connectivity index (χ1v) is 13.0. The molecule has 8 heteroatoms. The number of rotatable bonds is 8. The van der Waals surface area contributed by atoms with Gasteiger partial charge in [-0.1, -0.05) is 26.7 Å². The number of ether oxygens (including phenoxy) is 4. The Bertz CT molecular complexity index is 633. The fraction of sp³-hybridized carbons (Fsp3) is 0.957. The second kappa shape index (κ2) is 9.75. The lowest BCUT2D eigenvalue weighted by Gasteiger charge is -2.60. The second-order valence-corrected chi connectivity index (χ2v) is 11.1. The minimum Gasteiger partial charge on any atom is -0.438 e. The molecule has 178 valence electrons. The minimum atomic E-state index is -0.709. The summed E-state index contributed by atoms with van der Waals surface area (Å²) in [7, 11) is 1.33. The Balaban J connectivity index is 1.30. The third kappa shape index (κ3) is 4.60. The van der Waals surface area contributed by atoms with E-state index in [4.69, 9.17) is 24.0 Å². The van der Waals surface area contributed by atoms with Crippen LogP contribution in [0, 0.1) is 23.7 Å². The van der Waals surface area contributed by atoms with Gasteiger partial charge in [0.1, 0.15) is 5.44 Å². The summed E-state index contributed by atoms with van der Waals surface area (Å²) in [5.74, 6) is 2.13. The van der Waals surface area contributed by atoms with Gasteiger partial charge < -0.3 is 18.9 Å². The van der Waals surface area contributed by atoms with E-state index in [1.54, 1.807) is 0 Å². The summed E-state index contributed by atoms with van der Waals surface area (Å²) in [6.45, 7) is 7.06. The van der Waals surface area contributed by atoms with E-state index in [1.807, 2.05) is 18.7 Å². The van der Waals surface area contributed by atoms with Gasteiger partial charge in [0.15, 0.2) is 11.9 Å². The zero-order chi connectivity index (χ0) is 22.1. The molecule has 5 rings (SSSR count). The summed E-state index contributed by atoms with van der Waals surface area (Å²) in [6.07, 6.45) is 7.48. The van der Waals surface area contributed by atoms with Crippen LogP contribution >= 0.6 is 11.8 Å². The molecule has 1 aliphatic carbocycles. The highest BCUT2D eigenvalue weighted by atomic mass is 32.2. The van der Waals surface area contributed by atoms with Gasteiger partial charge in [-0.2, -0.15) is 0 Å². The van der Waals surface area contributed by atoms with Crippen LogP contribution in [-0.2, 0) is 28.7 Å². The third-order valence-corrected chi connectivity index (χ3v) is 9.20. The van der Waals surface area contributed by atoms with Gasteiger partial charge in [0.2, 0.25) is 5.79 Å². The molecule has 5 aliphatic rings. The smallest absolute Gasteiger partial charge is 0.438 e. The number of fused-ring (bicyclic) bond motifs is 2. The lowest BCUT2D eigenvalue weighted by molar-refractivity contribution is -0.568. The number of thioether (sulfide) groups is 1. The molecule has 1 saturated carbocycles. The van der Waals surface area contributed by atoms with Gasteiger partial charge in [0, 0.05) is 12.3 Å². The molecular formula is C23H38O7S. The van der Waals surface area contributed by atoms with Crippen molar-refractivity contribution in [3.05, 3.63) is 0 Å². The molecule has 7 nitrogen and oxygen atoms in total. The predicted octanol–water partition coefficient (Wildman–Crippen LogP) is 5.27. The molecule has 8 atom stereocenters. The second-order valence-electron chi connectivity index (χ2n) is 9.86. The summed E-state index contributed by atoms with van der Waals surface area (Å²) >= 11 is 1.90. The normalized spacial score (nSPS) is 43.7. The van der Waals surface area contributed by atoms with Gasteiger partial charge in [-0.05, 0) is 62.5 Å². The van der Waals surface area contributed by atoms with Crippen molar-refractivity contribution in [3.8, 4) is 0 Å². The maximum Gasteiger partial charge on any atom is 0.507 e. The number of methoxy groups -OCH3 is 1. The van der Waals surface area contributed by atoms with Crippen LogP contribution in [0.3, 0.4) is 0 Å². The van der Waals surface area contributed by atoms with E-state index < -0.39 is 17.5 Å². The zero-order valence-corrected chi connectivity index (χ0v) is 20.1. The number of hydrogen-bond acceptors (Lipinski definition) is 8. The van der Waals surface area contributed by atoms with Gasteiger partial charge in [-0.25, -0.2) is 14.6 Å². The van der Waals surface area contributed by atoms with Crippen molar-refractivity contribution in [3.63, 3.8) is 0 Å². The Morgan fingerprint density at radius 2 is 1.87 bits per heavy atom. The molecule has 1 unspecified atom stereocenters. The van der Waals surface area contributed by atoms with Gasteiger partial charge >= 0.3 is 6.16 Å². The van der Waals surface area contributed by atoms with Crippen molar-refractivity contribution < 1.29 is 33.5 Å². The maximum atomic E-state index is 10.9. The average Bonchev–Trinajstić information content (AvgIpc) is 2.99. The van der Waals surface area contributed by atoms with Crippen LogP contribution in [0.25, 0.3) is 0 Å². The van der Waals surface area contributed by atoms with Crippen LogP contribution in [0.5, 0.6) is 0 Å². The van der Waals surface area contributed by atoms with E-state index >= 15 is 0 Å². The van der Waals surface area contributed by atoms with Gasteiger partial charge in [0.25, 0.3) is 0 Å². The van der Waals surface area contributed by atoms with Gasteiger partial charge in [-0.15, -0.1) is 11.8 Å². The van der Waals surface area contributed by atoms with Crippen molar-refractivity contribution in [2.24, 2.45) is 23.7 Å². The molecule has 0 amide bonds. The van der Waals surface area contributed by atoms with E-state index in [0.29, 0.717) is 30.3 Å². The Labute approximate surface area is 190 Å². The Morgan fingerprint density at radius 3 is 2.68 bits per heavy atom. The molecule has 4 heterocycles. The van der Waals surface area contributed by atoms with Crippen LogP contribution in [0.4, 0.5) is 4.79 Å². The van der Waals surface area contributed by atoms with Crippen molar-refractivity contribution in [2.75, 3.05) is 19.5 Å². The SMILES string of the molecule is COC(=O)OCCCCCCS[C@@H]1O[C@@H]2OC3(C)CC[C@H]4[C@H](C)CC[C@@H]([C@H]1C)[C@@]24OO3. The molecule has 4 aliphatic heterocycles. The standard InChI is InChI=1S/C23H38O7S/c1-15-9-10-18-16(2)19(31-14-8-6-5-7-13-26-21(24)25-4)27-20-23(18)17(15)11-12-22(3,28-20)29-30-23/h15-20H,5-14H2,1-4H3/t15-,16-,17+,18+,19+,20-,22?,23-/m1/s1. The molecule has 2 bridgehead atoms. The van der Waals surface area contributed by atoms with Gasteiger partial charge in [0.05, 0.1) is 13.7 Å². The zero-order valence-electron chi connectivity index (χ0n) is 19.3. The Hall–Kier alpha value is -0.540. The maximum absolute atomic E-state index is 10.9. The van der Waals surface area contributed by atoms with Crippen LogP contribution in [0.1, 0.15) is 72.1 Å². The van der Waals surface area contributed by atoms with Crippen molar-refractivity contribution >= 4 is 17.9 Å². The summed E-state index contributed by atoms with van der Waals surface area (Å²) in [6, 6.07) is 0. The van der Waals surface area contributed by atoms with Crippen molar-refractivity contribution in [1.29, 1.82) is 0 Å². The molecule has 31 heavy (non-hydrogen) atoms. The van der Waals surface area contributed by atoms with Crippen LogP contribution < -0.4 is 0 Å². The molecule has 5 fully saturated rings. The molecule has 0 aromatic rings. The number of carbonyl (C=O) groups is 1. The quantitative estimate of drug-likeness (QED) is 0.277. The lowest BCUT2D eigenvalue weighted by Crippen LogP contribution is -2.70. The van der Waals surface area contributed by atoms with E-state index in [0.717, 1.165) is 50.7 Å². The molecule has 1 spiro atoms. The first kappa shape index (κ1) is 23.6. The molecule has 4 saturated heterocycles. The predicted molar refractivity (Wildman–Crippen MR) is 116 cm³/mol. The molecule has 0 aromatic carbocycles. The number of carbonyl (C=O) groups excluding carboxylic acids is 1. The monoisotopic (exact) mass is 458 g/mol. The third-order valence-electron chi connectivity index (χ3n) is 7.80. The fourth-order valence-electron chi connectivity index (χ4n) is 6.03. The van der Waals surface area contributed by atoms with Crippen molar-refractivity contribution in [2.45, 2.75) is 95.3 Å². The van der Waals surface area contributed by atoms with Gasteiger partial charge in [-0.3, -0.25) is 0 Å². The Kier molecular flexibility index (Phi) is 7.43. The van der Waals surface area contributed by atoms with E-state index in [2.05, 4.69) is 18.6 Å². The van der Waals surface area contributed by atoms with Crippen LogP contribution in [0.15, 0.2) is 0 Å². The lowest BCUT2D eigenvalue weighted by atomic mass is 9.58. The first-order chi connectivity index (χ1) is 14.9. The topological polar surface area (TPSA) is 72.5 Å².